The van der Waals surface area contributed by atoms with Gasteiger partial charge in [-0.05, 0) is 17.7 Å². The maximum Gasteiger partial charge on any atom is 0.338 e. The Kier molecular flexibility index (Phi) is 5.86. The average Bonchev–Trinajstić information content (AvgIpc) is 2.66. The van der Waals surface area contributed by atoms with Crippen molar-refractivity contribution in [1.82, 2.24) is 0 Å². The number of allylic oxidation sites excluding steroid dienone is 1. The van der Waals surface area contributed by atoms with Crippen LogP contribution in [0.15, 0.2) is 47.1 Å². The van der Waals surface area contributed by atoms with Crippen LogP contribution in [0.4, 0.5) is 0 Å². The van der Waals surface area contributed by atoms with E-state index in [0.29, 0.717) is 11.3 Å². The van der Waals surface area contributed by atoms with Gasteiger partial charge in [-0.2, -0.15) is 5.26 Å². The molecule has 1 aromatic carbocycles. The molecule has 0 unspecified atom stereocenters. The Morgan fingerprint density at radius 2 is 1.85 bits per heavy atom. The van der Waals surface area contributed by atoms with Gasteiger partial charge in [0.25, 0.3) is 0 Å². The van der Waals surface area contributed by atoms with Crippen LogP contribution in [0.2, 0.25) is 0 Å². The van der Waals surface area contributed by atoms with Crippen molar-refractivity contribution in [2.75, 3.05) is 21.3 Å². The Bertz CT molecular complexity index is 817. The Hall–Kier alpha value is -3.47. The summed E-state index contributed by atoms with van der Waals surface area (Å²) in [6, 6.07) is 8.72. The van der Waals surface area contributed by atoms with E-state index >= 15 is 0 Å². The van der Waals surface area contributed by atoms with Crippen molar-refractivity contribution in [3.63, 3.8) is 0 Å². The van der Waals surface area contributed by atoms with Crippen molar-refractivity contribution in [1.29, 1.82) is 5.26 Å². The molecule has 26 heavy (non-hydrogen) atoms. The highest BCUT2D eigenvalue weighted by molar-refractivity contribution is 5.93. The number of benzene rings is 1. The molecule has 0 fully saturated rings. The minimum Gasteiger partial charge on any atom is -0.497 e. The van der Waals surface area contributed by atoms with Gasteiger partial charge in [0.2, 0.25) is 5.88 Å². The zero-order valence-corrected chi connectivity index (χ0v) is 14.6. The number of hydrogen-bond acceptors (Lipinski definition) is 8. The molecule has 1 aromatic rings. The number of rotatable bonds is 5. The summed E-state index contributed by atoms with van der Waals surface area (Å²) >= 11 is 0. The molecule has 8 heteroatoms. The van der Waals surface area contributed by atoms with Gasteiger partial charge in [0.1, 0.15) is 29.6 Å². The molecule has 1 aliphatic heterocycles. The zero-order valence-electron chi connectivity index (χ0n) is 14.6. The van der Waals surface area contributed by atoms with Crippen molar-refractivity contribution in [3.05, 3.63) is 52.6 Å². The fraction of sp³-hybridized carbons (Fsp3) is 0.278. The maximum absolute atomic E-state index is 12.4. The van der Waals surface area contributed by atoms with Crippen LogP contribution in [0.3, 0.4) is 0 Å². The minimum atomic E-state index is -0.841. The largest absolute Gasteiger partial charge is 0.497 e. The van der Waals surface area contributed by atoms with Gasteiger partial charge in [0.15, 0.2) is 0 Å². The van der Waals surface area contributed by atoms with Crippen molar-refractivity contribution < 1.29 is 28.5 Å². The molecule has 0 spiro atoms. The Balaban J connectivity index is 2.64. The topological polar surface area (TPSA) is 121 Å². The van der Waals surface area contributed by atoms with E-state index in [4.69, 9.17) is 19.9 Å². The molecule has 0 saturated carbocycles. The summed E-state index contributed by atoms with van der Waals surface area (Å²) in [5, 5.41) is 9.52. The third-order valence-corrected chi connectivity index (χ3v) is 3.88. The lowest BCUT2D eigenvalue weighted by Gasteiger charge is -2.27. The molecule has 0 amide bonds. The molecule has 2 N–H and O–H groups in total. The smallest absolute Gasteiger partial charge is 0.338 e. The lowest BCUT2D eigenvalue weighted by molar-refractivity contribution is -0.140. The number of ether oxygens (including phenoxy) is 4. The average molecular weight is 358 g/mol. The van der Waals surface area contributed by atoms with Gasteiger partial charge in [0.05, 0.1) is 32.8 Å². The predicted molar refractivity (Wildman–Crippen MR) is 89.3 cm³/mol. The normalized spacial score (nSPS) is 16.5. The predicted octanol–water partition coefficient (Wildman–Crippen LogP) is 1.49. The first-order valence-electron chi connectivity index (χ1n) is 7.56. The number of carbonyl (C=O) groups is 2. The molecule has 1 heterocycles. The fourth-order valence-corrected chi connectivity index (χ4v) is 2.62. The number of hydrogen-bond donors (Lipinski definition) is 1. The van der Waals surface area contributed by atoms with Crippen molar-refractivity contribution in [2.24, 2.45) is 5.73 Å². The highest BCUT2D eigenvalue weighted by atomic mass is 16.5. The van der Waals surface area contributed by atoms with E-state index in [1.54, 1.807) is 24.3 Å². The van der Waals surface area contributed by atoms with Crippen LogP contribution in [-0.4, -0.2) is 33.3 Å². The van der Waals surface area contributed by atoms with Gasteiger partial charge >= 0.3 is 11.9 Å². The lowest BCUT2D eigenvalue weighted by atomic mass is 9.82. The molecule has 136 valence electrons. The summed E-state index contributed by atoms with van der Waals surface area (Å²) in [5.74, 6) is -1.78. The molecule has 0 bridgehead atoms. The third kappa shape index (κ3) is 3.62. The quantitative estimate of drug-likeness (QED) is 0.786. The molecular formula is C18H18N2O6. The van der Waals surface area contributed by atoms with Gasteiger partial charge in [0, 0.05) is 0 Å². The van der Waals surface area contributed by atoms with Crippen LogP contribution in [0.25, 0.3) is 0 Å². The van der Waals surface area contributed by atoms with Crippen molar-refractivity contribution >= 4 is 11.9 Å². The van der Waals surface area contributed by atoms with E-state index in [0.717, 1.165) is 0 Å². The van der Waals surface area contributed by atoms with E-state index in [1.807, 2.05) is 6.07 Å². The van der Waals surface area contributed by atoms with Gasteiger partial charge in [-0.25, -0.2) is 4.79 Å². The first kappa shape index (κ1) is 18.9. The van der Waals surface area contributed by atoms with Crippen LogP contribution in [-0.2, 0) is 23.8 Å². The van der Waals surface area contributed by atoms with Crippen molar-refractivity contribution in [2.45, 2.75) is 12.3 Å². The lowest BCUT2D eigenvalue weighted by Crippen LogP contribution is -2.26. The molecular weight excluding hydrogens is 340 g/mol. The standard InChI is InChI=1S/C18H18N2O6/c1-23-11-6-4-10(5-7-11)15-12(9-19)17(20)26-13(8-14(21)24-2)16(15)18(22)25-3/h4-7,15H,8,20H2,1-3H3/t15-/m0/s1. The summed E-state index contributed by atoms with van der Waals surface area (Å²) in [7, 11) is 3.94. The first-order valence-corrected chi connectivity index (χ1v) is 7.56. The second-order valence-electron chi connectivity index (χ2n) is 5.28. The molecule has 1 aliphatic rings. The SMILES string of the molecule is COC(=O)CC1=C(C(=O)OC)[C@@H](c2ccc(OC)cc2)C(C#N)=C(N)O1. The maximum atomic E-state index is 12.4. The molecule has 1 atom stereocenters. The molecule has 0 saturated heterocycles. The molecule has 0 aliphatic carbocycles. The molecule has 8 nitrogen and oxygen atoms in total. The van der Waals surface area contributed by atoms with Crippen LogP contribution in [0.1, 0.15) is 17.9 Å². The highest BCUT2D eigenvalue weighted by Gasteiger charge is 2.38. The Morgan fingerprint density at radius 3 is 2.35 bits per heavy atom. The molecule has 0 radical (unpaired) electrons. The van der Waals surface area contributed by atoms with Crippen LogP contribution < -0.4 is 10.5 Å². The van der Waals surface area contributed by atoms with Gasteiger partial charge in [-0.15, -0.1) is 0 Å². The summed E-state index contributed by atoms with van der Waals surface area (Å²) in [6.45, 7) is 0. The Labute approximate surface area is 150 Å². The van der Waals surface area contributed by atoms with Crippen LogP contribution >= 0.6 is 0 Å². The molecule has 2 rings (SSSR count). The second kappa shape index (κ2) is 8.07. The summed E-state index contributed by atoms with van der Waals surface area (Å²) < 4.78 is 20.0. The second-order valence-corrected chi connectivity index (χ2v) is 5.28. The van der Waals surface area contributed by atoms with Crippen LogP contribution in [0.5, 0.6) is 5.75 Å². The summed E-state index contributed by atoms with van der Waals surface area (Å²) in [6.07, 6.45) is -0.326. The minimum absolute atomic E-state index is 0.0129. The number of esters is 2. The van der Waals surface area contributed by atoms with E-state index < -0.39 is 17.9 Å². The summed E-state index contributed by atoms with van der Waals surface area (Å²) in [5.41, 5.74) is 6.52. The monoisotopic (exact) mass is 358 g/mol. The van der Waals surface area contributed by atoms with E-state index in [2.05, 4.69) is 4.74 Å². The number of carbonyl (C=O) groups excluding carboxylic acids is 2. The zero-order chi connectivity index (χ0) is 19.3. The highest BCUT2D eigenvalue weighted by Crippen LogP contribution is 2.40. The Morgan fingerprint density at radius 1 is 1.19 bits per heavy atom. The number of nitrogens with zero attached hydrogens (tertiary/aromatic N) is 1. The van der Waals surface area contributed by atoms with E-state index in [9.17, 15) is 14.9 Å². The van der Waals surface area contributed by atoms with Crippen molar-refractivity contribution in [3.8, 4) is 11.8 Å². The number of nitriles is 1. The number of methoxy groups -OCH3 is 3. The van der Waals surface area contributed by atoms with E-state index in [1.165, 1.54) is 21.3 Å². The molecule has 0 aromatic heterocycles. The summed E-state index contributed by atoms with van der Waals surface area (Å²) in [4.78, 5) is 24.1. The fourth-order valence-electron chi connectivity index (χ4n) is 2.62. The van der Waals surface area contributed by atoms with Crippen LogP contribution in [0, 0.1) is 11.3 Å². The van der Waals surface area contributed by atoms with Gasteiger partial charge in [-0.3, -0.25) is 4.79 Å². The first-order chi connectivity index (χ1) is 12.5. The van der Waals surface area contributed by atoms with E-state index in [-0.39, 0.29) is 29.2 Å². The number of nitrogens with two attached hydrogens (primary N) is 1. The third-order valence-electron chi connectivity index (χ3n) is 3.88. The van der Waals surface area contributed by atoms with Gasteiger partial charge in [-0.1, -0.05) is 12.1 Å². The van der Waals surface area contributed by atoms with Gasteiger partial charge < -0.3 is 24.7 Å².